The molecule has 0 amide bonds. The lowest BCUT2D eigenvalue weighted by Gasteiger charge is -2.12. The minimum Gasteiger partial charge on any atom is -0.466 e. The summed E-state index contributed by atoms with van der Waals surface area (Å²) in [5, 5.41) is 3.25. The Hall–Kier alpha value is -1.42. The van der Waals surface area contributed by atoms with E-state index in [2.05, 4.69) is 23.3 Å². The summed E-state index contributed by atoms with van der Waals surface area (Å²) in [4.78, 5) is 15.8. The number of aryl methyl sites for hydroxylation is 1. The molecule has 0 aromatic carbocycles. The minimum atomic E-state index is -0.151. The molecule has 0 bridgehead atoms. The number of esters is 1. The Morgan fingerprint density at radius 2 is 2.28 bits per heavy atom. The average Bonchev–Trinajstić information content (AvgIpc) is 2.39. The first-order valence-electron chi connectivity index (χ1n) is 6.49. The molecule has 1 aromatic heterocycles. The maximum Gasteiger partial charge on any atom is 0.309 e. The molecule has 1 atom stereocenters. The van der Waals surface area contributed by atoms with E-state index in [0.29, 0.717) is 19.7 Å². The fourth-order valence-electron chi connectivity index (χ4n) is 1.73. The van der Waals surface area contributed by atoms with Crippen molar-refractivity contribution in [3.63, 3.8) is 0 Å². The van der Waals surface area contributed by atoms with E-state index >= 15 is 0 Å². The quantitative estimate of drug-likeness (QED) is 0.751. The highest BCUT2D eigenvalue weighted by atomic mass is 16.5. The van der Waals surface area contributed by atoms with Crippen LogP contribution in [0.25, 0.3) is 0 Å². The number of hydrogen-bond acceptors (Lipinski definition) is 4. The zero-order valence-corrected chi connectivity index (χ0v) is 11.4. The number of carbonyl (C=O) groups is 1. The molecule has 0 aliphatic carbocycles. The van der Waals surface area contributed by atoms with E-state index in [1.807, 2.05) is 19.9 Å². The van der Waals surface area contributed by atoms with Gasteiger partial charge in [-0.15, -0.1) is 0 Å². The van der Waals surface area contributed by atoms with Crippen molar-refractivity contribution < 1.29 is 9.53 Å². The van der Waals surface area contributed by atoms with Crippen LogP contribution in [0.15, 0.2) is 18.3 Å². The number of aromatic nitrogens is 1. The lowest BCUT2D eigenvalue weighted by atomic mass is 10.1. The fraction of sp³-hybridized carbons (Fsp3) is 0.571. The van der Waals surface area contributed by atoms with Gasteiger partial charge in [0.15, 0.2) is 0 Å². The molecule has 0 aliphatic rings. The van der Waals surface area contributed by atoms with E-state index in [9.17, 15) is 4.79 Å². The third-order valence-corrected chi connectivity index (χ3v) is 2.80. The van der Waals surface area contributed by atoms with Crippen molar-refractivity contribution in [3.05, 3.63) is 29.6 Å². The van der Waals surface area contributed by atoms with E-state index < -0.39 is 0 Å². The second-order valence-electron chi connectivity index (χ2n) is 4.25. The molecule has 1 aromatic rings. The molecular formula is C14H22N2O2. The largest absolute Gasteiger partial charge is 0.466 e. The molecule has 4 nitrogen and oxygen atoms in total. The Bertz CT molecular complexity index is 380. The molecule has 0 saturated heterocycles. The normalized spacial score (nSPS) is 12.2. The summed E-state index contributed by atoms with van der Waals surface area (Å²) in [7, 11) is 0. The van der Waals surface area contributed by atoms with Crippen molar-refractivity contribution in [2.75, 3.05) is 13.2 Å². The molecular weight excluding hydrogens is 228 g/mol. The zero-order valence-electron chi connectivity index (χ0n) is 11.4. The van der Waals surface area contributed by atoms with Gasteiger partial charge >= 0.3 is 5.97 Å². The lowest BCUT2D eigenvalue weighted by Crippen LogP contribution is -2.28. The zero-order chi connectivity index (χ0) is 13.4. The Labute approximate surface area is 109 Å². The number of ether oxygens (including phenoxy) is 1. The first-order chi connectivity index (χ1) is 8.69. The van der Waals surface area contributed by atoms with Crippen LogP contribution < -0.4 is 5.32 Å². The van der Waals surface area contributed by atoms with E-state index in [4.69, 9.17) is 4.74 Å². The molecule has 4 heteroatoms. The second-order valence-corrected chi connectivity index (χ2v) is 4.25. The number of rotatable bonds is 7. The van der Waals surface area contributed by atoms with Crippen LogP contribution >= 0.6 is 0 Å². The van der Waals surface area contributed by atoms with Crippen LogP contribution in [0, 0.1) is 5.92 Å². The van der Waals surface area contributed by atoms with Gasteiger partial charge in [0.1, 0.15) is 0 Å². The van der Waals surface area contributed by atoms with Crippen LogP contribution in [0.3, 0.4) is 0 Å². The number of nitrogens with one attached hydrogen (secondary N) is 1. The molecule has 18 heavy (non-hydrogen) atoms. The Kier molecular flexibility index (Phi) is 6.36. The van der Waals surface area contributed by atoms with Crippen molar-refractivity contribution in [2.24, 2.45) is 5.92 Å². The molecule has 0 radical (unpaired) electrons. The first-order valence-corrected chi connectivity index (χ1v) is 6.49. The van der Waals surface area contributed by atoms with E-state index in [1.165, 1.54) is 5.56 Å². The van der Waals surface area contributed by atoms with Gasteiger partial charge in [-0.25, -0.2) is 0 Å². The average molecular weight is 250 g/mol. The van der Waals surface area contributed by atoms with Gasteiger partial charge in [0.25, 0.3) is 0 Å². The van der Waals surface area contributed by atoms with Gasteiger partial charge in [-0.1, -0.05) is 19.9 Å². The predicted octanol–water partition coefficient (Wildman–Crippen LogP) is 1.93. The van der Waals surface area contributed by atoms with Gasteiger partial charge in [0, 0.05) is 19.3 Å². The standard InChI is InChI=1S/C14H22N2O2/c1-4-12-7-6-8-16-13(12)10-15-9-11(3)14(17)18-5-2/h6-8,11,15H,4-5,9-10H2,1-3H3. The Morgan fingerprint density at radius 3 is 2.94 bits per heavy atom. The third kappa shape index (κ3) is 4.45. The number of hydrogen-bond donors (Lipinski definition) is 1. The number of pyridine rings is 1. The number of nitrogens with zero attached hydrogens (tertiary/aromatic N) is 1. The van der Waals surface area contributed by atoms with E-state index in [1.54, 1.807) is 6.20 Å². The van der Waals surface area contributed by atoms with Crippen LogP contribution in [0.1, 0.15) is 32.0 Å². The lowest BCUT2D eigenvalue weighted by molar-refractivity contribution is -0.147. The fourth-order valence-corrected chi connectivity index (χ4v) is 1.73. The topological polar surface area (TPSA) is 51.2 Å². The summed E-state index contributed by atoms with van der Waals surface area (Å²) in [6.07, 6.45) is 2.77. The molecule has 1 rings (SSSR count). The SMILES string of the molecule is CCOC(=O)C(C)CNCc1ncccc1CC. The summed E-state index contributed by atoms with van der Waals surface area (Å²) < 4.78 is 4.96. The van der Waals surface area contributed by atoms with Gasteiger partial charge in [-0.3, -0.25) is 9.78 Å². The van der Waals surface area contributed by atoms with Crippen molar-refractivity contribution >= 4 is 5.97 Å². The molecule has 1 heterocycles. The summed E-state index contributed by atoms with van der Waals surface area (Å²) in [6, 6.07) is 4.03. The predicted molar refractivity (Wildman–Crippen MR) is 71.1 cm³/mol. The first kappa shape index (κ1) is 14.6. The molecule has 1 N–H and O–H groups in total. The van der Waals surface area contributed by atoms with Crippen molar-refractivity contribution in [3.8, 4) is 0 Å². The van der Waals surface area contributed by atoms with Crippen LogP contribution in [0.2, 0.25) is 0 Å². The van der Waals surface area contributed by atoms with Gasteiger partial charge in [0.05, 0.1) is 18.2 Å². The Morgan fingerprint density at radius 1 is 1.50 bits per heavy atom. The smallest absolute Gasteiger partial charge is 0.309 e. The summed E-state index contributed by atoms with van der Waals surface area (Å²) >= 11 is 0. The van der Waals surface area contributed by atoms with Gasteiger partial charge in [-0.05, 0) is 25.0 Å². The molecule has 0 fully saturated rings. The van der Waals surface area contributed by atoms with Crippen LogP contribution in [0.4, 0.5) is 0 Å². The van der Waals surface area contributed by atoms with Crippen molar-refractivity contribution in [2.45, 2.75) is 33.7 Å². The number of carbonyl (C=O) groups excluding carboxylic acids is 1. The molecule has 0 aliphatic heterocycles. The Balaban J connectivity index is 2.39. The highest BCUT2D eigenvalue weighted by Crippen LogP contribution is 2.06. The van der Waals surface area contributed by atoms with Crippen molar-refractivity contribution in [1.82, 2.24) is 10.3 Å². The van der Waals surface area contributed by atoms with Crippen LogP contribution in [0.5, 0.6) is 0 Å². The van der Waals surface area contributed by atoms with Crippen molar-refractivity contribution in [1.29, 1.82) is 0 Å². The van der Waals surface area contributed by atoms with E-state index in [-0.39, 0.29) is 11.9 Å². The monoisotopic (exact) mass is 250 g/mol. The van der Waals surface area contributed by atoms with Gasteiger partial charge in [0.2, 0.25) is 0 Å². The van der Waals surface area contributed by atoms with Crippen LogP contribution in [-0.4, -0.2) is 24.1 Å². The summed E-state index contributed by atoms with van der Waals surface area (Å²) in [5.74, 6) is -0.277. The maximum atomic E-state index is 11.4. The molecule has 0 spiro atoms. The maximum absolute atomic E-state index is 11.4. The highest BCUT2D eigenvalue weighted by Gasteiger charge is 2.13. The van der Waals surface area contributed by atoms with Crippen LogP contribution in [-0.2, 0) is 22.5 Å². The highest BCUT2D eigenvalue weighted by molar-refractivity contribution is 5.72. The molecule has 100 valence electrons. The van der Waals surface area contributed by atoms with Gasteiger partial charge < -0.3 is 10.1 Å². The summed E-state index contributed by atoms with van der Waals surface area (Å²) in [6.45, 7) is 7.53. The third-order valence-electron chi connectivity index (χ3n) is 2.80. The second kappa shape index (κ2) is 7.82. The minimum absolute atomic E-state index is 0.126. The molecule has 1 unspecified atom stereocenters. The van der Waals surface area contributed by atoms with Gasteiger partial charge in [-0.2, -0.15) is 0 Å². The molecule has 0 saturated carbocycles. The van der Waals surface area contributed by atoms with E-state index in [0.717, 1.165) is 12.1 Å². The summed E-state index contributed by atoms with van der Waals surface area (Å²) in [5.41, 5.74) is 2.30.